The highest BCUT2D eigenvalue weighted by Gasteiger charge is 2.29. The maximum Gasteiger partial charge on any atom is 0.404 e. The number of hydrogen-bond donors (Lipinski definition) is 4. The Morgan fingerprint density at radius 2 is 2.13 bits per heavy atom. The Morgan fingerprint density at radius 3 is 2.97 bits per heavy atom. The van der Waals surface area contributed by atoms with Gasteiger partial charge in [-0.3, -0.25) is 9.78 Å². The molecule has 1 aromatic carbocycles. The Balaban J connectivity index is 1.39. The van der Waals surface area contributed by atoms with Crippen LogP contribution < -0.4 is 10.6 Å². The number of pyridine rings is 1. The van der Waals surface area contributed by atoms with Crippen LogP contribution in [0, 0.1) is 6.92 Å². The number of aromatic amines is 1. The number of carbonyl (C=O) groups is 2. The summed E-state index contributed by atoms with van der Waals surface area (Å²) < 4.78 is 0.913. The highest BCUT2D eigenvalue weighted by atomic mass is 32.1. The summed E-state index contributed by atoms with van der Waals surface area (Å²) >= 11 is 1.40. The fourth-order valence-electron chi connectivity index (χ4n) is 4.05. The molecular weight excluding hydrogens is 414 g/mol. The van der Waals surface area contributed by atoms with Crippen LogP contribution in [0.3, 0.4) is 0 Å². The second-order valence-corrected chi connectivity index (χ2v) is 8.80. The van der Waals surface area contributed by atoms with Crippen LogP contribution in [0.15, 0.2) is 42.6 Å². The minimum absolute atomic E-state index is 0.0899. The molecule has 1 aliphatic rings. The van der Waals surface area contributed by atoms with Crippen molar-refractivity contribution in [3.8, 4) is 0 Å². The van der Waals surface area contributed by atoms with Crippen LogP contribution in [0.5, 0.6) is 0 Å². The van der Waals surface area contributed by atoms with Gasteiger partial charge in [0.15, 0.2) is 0 Å². The fourth-order valence-corrected chi connectivity index (χ4v) is 5.10. The van der Waals surface area contributed by atoms with Gasteiger partial charge in [-0.2, -0.15) is 0 Å². The number of H-pyrrole nitrogens is 1. The predicted molar refractivity (Wildman–Crippen MR) is 121 cm³/mol. The highest BCUT2D eigenvalue weighted by Crippen LogP contribution is 2.34. The summed E-state index contributed by atoms with van der Waals surface area (Å²) in [5, 5.41) is 15.9. The zero-order chi connectivity index (χ0) is 21.5. The molecule has 1 unspecified atom stereocenters. The maximum absolute atomic E-state index is 13.0. The summed E-state index contributed by atoms with van der Waals surface area (Å²) in [5.74, 6) is -0.0899. The van der Waals surface area contributed by atoms with Gasteiger partial charge in [0.2, 0.25) is 0 Å². The number of aryl methyl sites for hydroxylation is 1. The molecule has 9 heteroatoms. The molecule has 5 rings (SSSR count). The molecule has 0 saturated carbocycles. The first-order chi connectivity index (χ1) is 15.0. The second kappa shape index (κ2) is 7.59. The van der Waals surface area contributed by atoms with Gasteiger partial charge in [0.1, 0.15) is 0 Å². The Labute approximate surface area is 181 Å². The van der Waals surface area contributed by atoms with Crippen LogP contribution in [-0.4, -0.2) is 51.1 Å². The van der Waals surface area contributed by atoms with Crippen molar-refractivity contribution in [1.82, 2.24) is 20.2 Å². The number of rotatable bonds is 4. The molecule has 1 atom stereocenters. The first-order valence-corrected chi connectivity index (χ1v) is 10.8. The van der Waals surface area contributed by atoms with Crippen LogP contribution in [0.4, 0.5) is 16.2 Å². The van der Waals surface area contributed by atoms with Crippen LogP contribution in [0.1, 0.15) is 21.8 Å². The van der Waals surface area contributed by atoms with E-state index in [4.69, 9.17) is 5.11 Å². The predicted octanol–water partition coefficient (Wildman–Crippen LogP) is 4.31. The zero-order valence-electron chi connectivity index (χ0n) is 16.8. The van der Waals surface area contributed by atoms with Gasteiger partial charge in [0.05, 0.1) is 26.8 Å². The van der Waals surface area contributed by atoms with Gasteiger partial charge >= 0.3 is 6.09 Å². The number of carboxylic acid groups (broad SMARTS) is 1. The average molecular weight is 436 g/mol. The molecule has 8 nitrogen and oxygen atoms in total. The van der Waals surface area contributed by atoms with E-state index in [1.54, 1.807) is 11.1 Å². The molecular formula is C22H21N5O3S. The van der Waals surface area contributed by atoms with E-state index in [0.717, 1.165) is 38.2 Å². The quantitative estimate of drug-likeness (QED) is 0.382. The molecule has 0 aliphatic carbocycles. The Morgan fingerprint density at radius 1 is 1.26 bits per heavy atom. The van der Waals surface area contributed by atoms with Crippen LogP contribution in [0.25, 0.3) is 21.1 Å². The Hall–Kier alpha value is -3.59. The Kier molecular flexibility index (Phi) is 4.74. The van der Waals surface area contributed by atoms with Crippen LogP contribution in [0.2, 0.25) is 0 Å². The molecule has 4 N–H and O–H groups in total. The number of fused-ring (bicyclic) bond motifs is 2. The number of hydrogen-bond acceptors (Lipinski definition) is 5. The van der Waals surface area contributed by atoms with E-state index < -0.39 is 6.09 Å². The minimum Gasteiger partial charge on any atom is -0.465 e. The third-order valence-electron chi connectivity index (χ3n) is 5.46. The smallest absolute Gasteiger partial charge is 0.404 e. The number of carbonyl (C=O) groups excluding carboxylic acids is 1. The summed E-state index contributed by atoms with van der Waals surface area (Å²) in [7, 11) is 0. The van der Waals surface area contributed by atoms with Crippen molar-refractivity contribution in [3.63, 3.8) is 0 Å². The molecule has 1 saturated heterocycles. The van der Waals surface area contributed by atoms with E-state index in [2.05, 4.69) is 32.7 Å². The number of anilines is 2. The second-order valence-electron chi connectivity index (χ2n) is 7.75. The van der Waals surface area contributed by atoms with Crippen molar-refractivity contribution >= 4 is 55.8 Å². The van der Waals surface area contributed by atoms with Gasteiger partial charge in [-0.15, -0.1) is 11.3 Å². The lowest BCUT2D eigenvalue weighted by Gasteiger charge is -2.15. The van der Waals surface area contributed by atoms with E-state index in [-0.39, 0.29) is 11.9 Å². The van der Waals surface area contributed by atoms with Crippen molar-refractivity contribution in [3.05, 3.63) is 53.2 Å². The molecule has 0 spiro atoms. The zero-order valence-corrected chi connectivity index (χ0v) is 17.6. The lowest BCUT2D eigenvalue weighted by molar-refractivity contribution is 0.0793. The number of nitrogens with zero attached hydrogens (tertiary/aromatic N) is 2. The van der Waals surface area contributed by atoms with Gasteiger partial charge < -0.3 is 25.6 Å². The first kappa shape index (κ1) is 19.4. The molecule has 0 radical (unpaired) electrons. The molecule has 4 aromatic rings. The van der Waals surface area contributed by atoms with E-state index in [9.17, 15) is 9.59 Å². The van der Waals surface area contributed by atoms with Crippen LogP contribution in [-0.2, 0) is 0 Å². The first-order valence-electron chi connectivity index (χ1n) is 10.00. The highest BCUT2D eigenvalue weighted by molar-refractivity contribution is 7.21. The molecule has 158 valence electrons. The maximum atomic E-state index is 13.0. The monoisotopic (exact) mass is 435 g/mol. The topological polar surface area (TPSA) is 110 Å². The van der Waals surface area contributed by atoms with Gasteiger partial charge in [-0.05, 0) is 49.7 Å². The third kappa shape index (κ3) is 3.79. The van der Waals surface area contributed by atoms with Gasteiger partial charge in [-0.25, -0.2) is 4.79 Å². The number of thiophene rings is 1. The number of aromatic nitrogens is 2. The largest absolute Gasteiger partial charge is 0.465 e. The van der Waals surface area contributed by atoms with Crippen molar-refractivity contribution in [2.24, 2.45) is 0 Å². The van der Waals surface area contributed by atoms with Crippen molar-refractivity contribution < 1.29 is 14.7 Å². The van der Waals surface area contributed by atoms with Gasteiger partial charge in [0.25, 0.3) is 5.91 Å². The molecule has 1 fully saturated rings. The number of likely N-dealkylation sites (tertiary alicyclic amines) is 1. The summed E-state index contributed by atoms with van der Waals surface area (Å²) in [6, 6.07) is 11.7. The molecule has 3 aromatic heterocycles. The van der Waals surface area contributed by atoms with E-state index in [0.29, 0.717) is 24.4 Å². The molecule has 2 amide bonds. The molecule has 0 bridgehead atoms. The summed E-state index contributed by atoms with van der Waals surface area (Å²) in [6.45, 7) is 2.95. The third-order valence-corrected chi connectivity index (χ3v) is 6.61. The summed E-state index contributed by atoms with van der Waals surface area (Å²) in [4.78, 5) is 33.9. The van der Waals surface area contributed by atoms with Gasteiger partial charge in [-0.1, -0.05) is 0 Å². The van der Waals surface area contributed by atoms with E-state index >= 15 is 0 Å². The summed E-state index contributed by atoms with van der Waals surface area (Å²) in [6.07, 6.45) is 1.29. The van der Waals surface area contributed by atoms with E-state index in [1.807, 2.05) is 31.2 Å². The van der Waals surface area contributed by atoms with E-state index in [1.165, 1.54) is 11.3 Å². The van der Waals surface area contributed by atoms with Crippen LogP contribution >= 0.6 is 11.3 Å². The Bertz CT molecular complexity index is 1310. The molecule has 31 heavy (non-hydrogen) atoms. The fraction of sp³-hybridized carbons (Fsp3) is 0.227. The minimum atomic E-state index is -1.06. The van der Waals surface area contributed by atoms with Crippen molar-refractivity contribution in [2.75, 3.05) is 18.4 Å². The lowest BCUT2D eigenvalue weighted by Crippen LogP contribution is -2.37. The molecule has 1 aliphatic heterocycles. The average Bonchev–Trinajstić information content (AvgIpc) is 3.44. The SMILES string of the molecule is Cc1cc2cc(Nc3ccnc4cc(C(=O)N5CCC(NC(=O)O)C5)sc34)ccc2[nH]1. The lowest BCUT2D eigenvalue weighted by atomic mass is 10.2. The summed E-state index contributed by atoms with van der Waals surface area (Å²) in [5.41, 5.74) is 4.82. The number of amides is 2. The standard InChI is InChI=1S/C22H21N5O3S/c1-12-8-13-9-14(2-3-16(13)24-12)25-17-4-6-23-18-10-19(31-20(17)18)21(28)27-7-5-15(11-27)26-22(29)30/h2-4,6,8-10,15,24,26H,5,7,11H2,1H3,(H,23,25)(H,29,30). The van der Waals surface area contributed by atoms with Crippen molar-refractivity contribution in [2.45, 2.75) is 19.4 Å². The normalized spacial score (nSPS) is 16.2. The number of nitrogens with one attached hydrogen (secondary N) is 3. The number of benzene rings is 1. The van der Waals surface area contributed by atoms with Crippen molar-refractivity contribution in [1.29, 1.82) is 0 Å². The molecule has 4 heterocycles. The van der Waals surface area contributed by atoms with Gasteiger partial charge in [0, 0.05) is 41.6 Å².